The van der Waals surface area contributed by atoms with Crippen LogP contribution in [0.4, 0.5) is 9.18 Å². The predicted molar refractivity (Wildman–Crippen MR) is 112 cm³/mol. The number of likely N-dealkylation sites (tertiary alicyclic amines) is 2. The zero-order chi connectivity index (χ0) is 20.7. The highest BCUT2D eigenvalue weighted by Gasteiger charge is 2.55. The molecule has 7 heteroatoms. The third-order valence-electron chi connectivity index (χ3n) is 8.17. The molecule has 7 rings (SSSR count). The van der Waals surface area contributed by atoms with Gasteiger partial charge in [0.15, 0.2) is 5.82 Å². The molecule has 5 fully saturated rings. The molecule has 1 spiro atoms. The van der Waals surface area contributed by atoms with Crippen LogP contribution in [0.5, 0.6) is 0 Å². The van der Waals surface area contributed by atoms with Crippen molar-refractivity contribution in [1.29, 1.82) is 0 Å². The van der Waals surface area contributed by atoms with Gasteiger partial charge in [-0.1, -0.05) is 12.1 Å². The highest BCUT2D eigenvalue weighted by atomic mass is 19.1. The fourth-order valence-corrected chi connectivity index (χ4v) is 5.85. The van der Waals surface area contributed by atoms with Crippen molar-refractivity contribution in [3.8, 4) is 0 Å². The Morgan fingerprint density at radius 2 is 1.74 bits per heavy atom. The van der Waals surface area contributed by atoms with Gasteiger partial charge in [0.2, 0.25) is 0 Å². The summed E-state index contributed by atoms with van der Waals surface area (Å²) in [5.41, 5.74) is 2.18. The predicted octanol–water partition coefficient (Wildman–Crippen LogP) is 4.03. The van der Waals surface area contributed by atoms with E-state index in [1.165, 1.54) is 25.7 Å². The van der Waals surface area contributed by atoms with Crippen molar-refractivity contribution in [3.05, 3.63) is 47.3 Å². The van der Waals surface area contributed by atoms with Crippen LogP contribution in [0.1, 0.15) is 79.3 Å². The molecule has 1 aromatic carbocycles. The van der Waals surface area contributed by atoms with Gasteiger partial charge in [-0.3, -0.25) is 0 Å². The van der Waals surface area contributed by atoms with Crippen LogP contribution in [0.25, 0.3) is 0 Å². The SMILES string of the molecule is O=C(N1CC(c2ccc(C3CC3)cc2F)C1)N1CC2(CC(n3cnc(C4CC4)n3)C2)C1. The Bertz CT molecular complexity index is 1040. The van der Waals surface area contributed by atoms with Crippen LogP contribution in [0.3, 0.4) is 0 Å². The second-order valence-electron chi connectivity index (χ2n) is 10.7. The minimum Gasteiger partial charge on any atom is -0.323 e. The number of carbonyl (C=O) groups excluding carboxylic acids is 1. The molecule has 1 aromatic heterocycles. The molecule has 2 amide bonds. The minimum absolute atomic E-state index is 0.0946. The molecule has 0 bridgehead atoms. The molecular formula is C24H28FN5O. The lowest BCUT2D eigenvalue weighted by Gasteiger charge is -2.60. The fraction of sp³-hybridized carbons (Fsp3) is 0.625. The Balaban J connectivity index is 0.906. The Hall–Kier alpha value is -2.44. The third kappa shape index (κ3) is 2.99. The van der Waals surface area contributed by atoms with Crippen molar-refractivity contribution in [2.45, 2.75) is 62.3 Å². The van der Waals surface area contributed by atoms with E-state index in [4.69, 9.17) is 0 Å². The first kappa shape index (κ1) is 18.2. The largest absolute Gasteiger partial charge is 0.323 e. The topological polar surface area (TPSA) is 54.3 Å². The molecule has 2 aliphatic heterocycles. The molecule has 2 aromatic rings. The van der Waals surface area contributed by atoms with Gasteiger partial charge in [0, 0.05) is 43.4 Å². The van der Waals surface area contributed by atoms with E-state index in [0.29, 0.717) is 31.0 Å². The summed E-state index contributed by atoms with van der Waals surface area (Å²) in [5.74, 6) is 2.21. The Kier molecular flexibility index (Phi) is 3.69. The lowest BCUT2D eigenvalue weighted by atomic mass is 9.61. The smallest absolute Gasteiger partial charge is 0.320 e. The number of benzene rings is 1. The van der Waals surface area contributed by atoms with Crippen LogP contribution in [0, 0.1) is 11.2 Å². The van der Waals surface area contributed by atoms with Gasteiger partial charge < -0.3 is 9.80 Å². The summed E-state index contributed by atoms with van der Waals surface area (Å²) in [6, 6.07) is 6.30. The van der Waals surface area contributed by atoms with Crippen molar-refractivity contribution in [2.24, 2.45) is 5.41 Å². The number of aromatic nitrogens is 3. The maximum Gasteiger partial charge on any atom is 0.320 e. The zero-order valence-electron chi connectivity index (χ0n) is 17.7. The van der Waals surface area contributed by atoms with Crippen LogP contribution >= 0.6 is 0 Å². The van der Waals surface area contributed by atoms with Crippen molar-refractivity contribution in [2.75, 3.05) is 26.2 Å². The quantitative estimate of drug-likeness (QED) is 0.749. The summed E-state index contributed by atoms with van der Waals surface area (Å²) in [4.78, 5) is 21.1. The summed E-state index contributed by atoms with van der Waals surface area (Å²) in [6.07, 6.45) is 8.89. The average Bonchev–Trinajstić information content (AvgIpc) is 3.58. The van der Waals surface area contributed by atoms with E-state index in [-0.39, 0.29) is 23.2 Å². The van der Waals surface area contributed by atoms with Crippen molar-refractivity contribution >= 4 is 6.03 Å². The third-order valence-corrected chi connectivity index (χ3v) is 8.17. The molecule has 3 saturated carbocycles. The lowest BCUT2D eigenvalue weighted by Crippen LogP contribution is -2.67. The first-order valence-corrected chi connectivity index (χ1v) is 11.8. The normalized spacial score (nSPS) is 25.3. The summed E-state index contributed by atoms with van der Waals surface area (Å²) in [6.45, 7) is 2.96. The summed E-state index contributed by atoms with van der Waals surface area (Å²) >= 11 is 0. The molecule has 0 atom stereocenters. The highest BCUT2D eigenvalue weighted by molar-refractivity contribution is 5.77. The van der Waals surface area contributed by atoms with Gasteiger partial charge in [-0.15, -0.1) is 0 Å². The van der Waals surface area contributed by atoms with E-state index in [1.807, 2.05) is 26.9 Å². The Morgan fingerprint density at radius 1 is 1.00 bits per heavy atom. The second-order valence-corrected chi connectivity index (χ2v) is 10.7. The molecule has 0 radical (unpaired) electrons. The van der Waals surface area contributed by atoms with Crippen LogP contribution in [-0.2, 0) is 0 Å². The van der Waals surface area contributed by atoms with Crippen molar-refractivity contribution in [3.63, 3.8) is 0 Å². The molecular weight excluding hydrogens is 393 g/mol. The van der Waals surface area contributed by atoms with Crippen LogP contribution in [0.2, 0.25) is 0 Å². The summed E-state index contributed by atoms with van der Waals surface area (Å²) < 4.78 is 16.6. The Morgan fingerprint density at radius 3 is 2.42 bits per heavy atom. The minimum atomic E-state index is -0.0946. The number of urea groups is 1. The molecule has 31 heavy (non-hydrogen) atoms. The van der Waals surface area contributed by atoms with E-state index >= 15 is 0 Å². The summed E-state index contributed by atoms with van der Waals surface area (Å²) in [5, 5.41) is 4.67. The van der Waals surface area contributed by atoms with E-state index in [0.717, 1.165) is 42.9 Å². The van der Waals surface area contributed by atoms with Gasteiger partial charge in [-0.05, 0) is 61.6 Å². The number of rotatable bonds is 4. The average molecular weight is 422 g/mol. The van der Waals surface area contributed by atoms with Gasteiger partial charge in [0.1, 0.15) is 12.1 Å². The fourth-order valence-electron chi connectivity index (χ4n) is 5.85. The van der Waals surface area contributed by atoms with Gasteiger partial charge in [-0.2, -0.15) is 5.10 Å². The first-order valence-electron chi connectivity index (χ1n) is 11.8. The van der Waals surface area contributed by atoms with Crippen LogP contribution in [0.15, 0.2) is 24.5 Å². The number of hydrogen-bond donors (Lipinski definition) is 0. The van der Waals surface area contributed by atoms with Gasteiger partial charge >= 0.3 is 6.03 Å². The monoisotopic (exact) mass is 421 g/mol. The van der Waals surface area contributed by atoms with E-state index in [9.17, 15) is 9.18 Å². The highest BCUT2D eigenvalue weighted by Crippen LogP contribution is 2.54. The molecule has 162 valence electrons. The maximum atomic E-state index is 14.5. The maximum absolute atomic E-state index is 14.5. The molecule has 3 aliphatic carbocycles. The van der Waals surface area contributed by atoms with Gasteiger partial charge in [0.25, 0.3) is 0 Å². The van der Waals surface area contributed by atoms with Gasteiger partial charge in [0.05, 0.1) is 6.04 Å². The molecule has 3 heterocycles. The number of nitrogens with zero attached hydrogens (tertiary/aromatic N) is 5. The van der Waals surface area contributed by atoms with Crippen molar-refractivity contribution in [1.82, 2.24) is 24.6 Å². The molecule has 5 aliphatic rings. The number of carbonyl (C=O) groups is 1. The molecule has 2 saturated heterocycles. The molecule has 0 unspecified atom stereocenters. The van der Waals surface area contributed by atoms with Crippen molar-refractivity contribution < 1.29 is 9.18 Å². The second kappa shape index (κ2) is 6.30. The van der Waals surface area contributed by atoms with E-state index in [1.54, 1.807) is 6.07 Å². The molecule has 6 nitrogen and oxygen atoms in total. The zero-order valence-corrected chi connectivity index (χ0v) is 17.7. The number of amides is 2. The first-order chi connectivity index (χ1) is 15.1. The number of halogens is 1. The van der Waals surface area contributed by atoms with Gasteiger partial charge in [-0.25, -0.2) is 18.9 Å². The van der Waals surface area contributed by atoms with E-state index < -0.39 is 0 Å². The Labute approximate surface area is 181 Å². The standard InChI is InChI=1S/C24H28FN5O/c25-21-7-17(15-1-2-15)5-6-20(21)18-10-28(11-18)23(31)29-12-24(13-29)8-19(9-24)30-14-26-22(27-30)16-3-4-16/h5-7,14-16,18-19H,1-4,8-13H2. The van der Waals surface area contributed by atoms with E-state index in [2.05, 4.69) is 16.1 Å². The van der Waals surface area contributed by atoms with Crippen LogP contribution < -0.4 is 0 Å². The lowest BCUT2D eigenvalue weighted by molar-refractivity contribution is -0.0771. The van der Waals surface area contributed by atoms with Crippen LogP contribution in [-0.4, -0.2) is 56.8 Å². The molecule has 0 N–H and O–H groups in total. The number of hydrogen-bond acceptors (Lipinski definition) is 3. The summed E-state index contributed by atoms with van der Waals surface area (Å²) in [7, 11) is 0.